The van der Waals surface area contributed by atoms with Gasteiger partial charge in [0.15, 0.2) is 11.5 Å². The van der Waals surface area contributed by atoms with Gasteiger partial charge in [-0.3, -0.25) is 4.79 Å². The van der Waals surface area contributed by atoms with E-state index in [1.54, 1.807) is 0 Å². The molecule has 25 heavy (non-hydrogen) atoms. The average molecular weight is 350 g/mol. The number of amides is 1. The first-order chi connectivity index (χ1) is 11.9. The molecular weight excluding hydrogens is 333 g/mol. The molecule has 3 rings (SSSR count). The molecule has 0 bridgehead atoms. The summed E-state index contributed by atoms with van der Waals surface area (Å²) in [5.74, 6) is -0.0261. The van der Waals surface area contributed by atoms with Crippen molar-refractivity contribution >= 4 is 17.4 Å². The maximum absolute atomic E-state index is 12.7. The van der Waals surface area contributed by atoms with Crippen LogP contribution in [0.5, 0.6) is 0 Å². The zero-order valence-corrected chi connectivity index (χ0v) is 13.3. The lowest BCUT2D eigenvalue weighted by Crippen LogP contribution is -2.33. The lowest BCUT2D eigenvalue weighted by Gasteiger charge is -2.12. The van der Waals surface area contributed by atoms with Crippen LogP contribution >= 0.6 is 0 Å². The van der Waals surface area contributed by atoms with Gasteiger partial charge in [0.05, 0.1) is 5.56 Å². The Morgan fingerprint density at radius 2 is 1.84 bits per heavy atom. The Balaban J connectivity index is 1.65. The molecule has 0 aliphatic heterocycles. The lowest BCUT2D eigenvalue weighted by molar-refractivity contribution is -0.137. The summed E-state index contributed by atoms with van der Waals surface area (Å²) < 4.78 is 38.1. The Hall–Kier alpha value is -2.64. The number of benzene rings is 1. The highest BCUT2D eigenvalue weighted by Crippen LogP contribution is 2.31. The van der Waals surface area contributed by atoms with Gasteiger partial charge < -0.3 is 10.6 Å². The molecule has 2 aromatic rings. The van der Waals surface area contributed by atoms with Crippen LogP contribution in [0.1, 0.15) is 41.7 Å². The molecule has 5 nitrogen and oxygen atoms in total. The van der Waals surface area contributed by atoms with E-state index in [2.05, 4.69) is 20.8 Å². The predicted molar refractivity (Wildman–Crippen MR) is 86.5 cm³/mol. The van der Waals surface area contributed by atoms with E-state index >= 15 is 0 Å². The number of halogens is 3. The first kappa shape index (κ1) is 17.2. The highest BCUT2D eigenvalue weighted by Gasteiger charge is 2.30. The Morgan fingerprint density at radius 1 is 1.08 bits per heavy atom. The molecule has 2 N–H and O–H groups in total. The zero-order chi connectivity index (χ0) is 17.9. The van der Waals surface area contributed by atoms with Gasteiger partial charge in [-0.05, 0) is 43.2 Å². The molecule has 1 aliphatic carbocycles. The summed E-state index contributed by atoms with van der Waals surface area (Å²) in [4.78, 5) is 12.1. The molecule has 1 aromatic carbocycles. The normalized spacial score (nSPS) is 15.2. The van der Waals surface area contributed by atoms with Crippen LogP contribution in [0.25, 0.3) is 0 Å². The fourth-order valence-corrected chi connectivity index (χ4v) is 2.77. The summed E-state index contributed by atoms with van der Waals surface area (Å²) in [5.41, 5.74) is -0.327. The topological polar surface area (TPSA) is 66.9 Å². The van der Waals surface area contributed by atoms with Gasteiger partial charge in [-0.1, -0.05) is 18.9 Å². The monoisotopic (exact) mass is 350 g/mol. The first-order valence-electron chi connectivity index (χ1n) is 8.01. The molecule has 1 saturated carbocycles. The van der Waals surface area contributed by atoms with E-state index in [4.69, 9.17) is 0 Å². The standard InChI is InChI=1S/C17H17F3N4O/c18-17(19,20)11-4-3-7-13(10-11)21-15-9-8-14(23-24-15)16(25)22-12-5-1-2-6-12/h3-4,7-10,12H,1-2,5-6H2,(H,21,24)(H,22,25). The van der Waals surface area contributed by atoms with E-state index < -0.39 is 11.7 Å². The molecule has 0 radical (unpaired) electrons. The molecule has 1 heterocycles. The van der Waals surface area contributed by atoms with E-state index in [9.17, 15) is 18.0 Å². The number of anilines is 2. The quantitative estimate of drug-likeness (QED) is 0.877. The summed E-state index contributed by atoms with van der Waals surface area (Å²) in [7, 11) is 0. The van der Waals surface area contributed by atoms with Gasteiger partial charge in [0.2, 0.25) is 0 Å². The average Bonchev–Trinajstić information content (AvgIpc) is 3.08. The highest BCUT2D eigenvalue weighted by atomic mass is 19.4. The van der Waals surface area contributed by atoms with Crippen molar-refractivity contribution in [2.24, 2.45) is 0 Å². The first-order valence-corrected chi connectivity index (χ1v) is 8.01. The minimum absolute atomic E-state index is 0.178. The van der Waals surface area contributed by atoms with Gasteiger partial charge >= 0.3 is 6.18 Å². The molecule has 1 aliphatic rings. The molecule has 1 fully saturated rings. The maximum Gasteiger partial charge on any atom is 0.416 e. The number of aromatic nitrogens is 2. The molecule has 1 aromatic heterocycles. The van der Waals surface area contributed by atoms with Gasteiger partial charge in [-0.2, -0.15) is 13.2 Å². The van der Waals surface area contributed by atoms with Gasteiger partial charge in [0.1, 0.15) is 0 Å². The zero-order valence-electron chi connectivity index (χ0n) is 13.3. The maximum atomic E-state index is 12.7. The van der Waals surface area contributed by atoms with Gasteiger partial charge in [-0.15, -0.1) is 10.2 Å². The van der Waals surface area contributed by atoms with Crippen molar-refractivity contribution in [2.45, 2.75) is 37.9 Å². The van der Waals surface area contributed by atoms with Crippen molar-refractivity contribution in [3.8, 4) is 0 Å². The second-order valence-electron chi connectivity index (χ2n) is 5.96. The third-order valence-electron chi connectivity index (χ3n) is 4.05. The SMILES string of the molecule is O=C(NC1CCCC1)c1ccc(Nc2cccc(C(F)(F)F)c2)nn1. The van der Waals surface area contributed by atoms with E-state index in [0.29, 0.717) is 0 Å². The van der Waals surface area contributed by atoms with Crippen molar-refractivity contribution in [1.29, 1.82) is 0 Å². The number of hydrogen-bond acceptors (Lipinski definition) is 4. The number of carbonyl (C=O) groups excluding carboxylic acids is 1. The third-order valence-corrected chi connectivity index (χ3v) is 4.05. The van der Waals surface area contributed by atoms with Crippen LogP contribution in [0, 0.1) is 0 Å². The Bertz CT molecular complexity index is 740. The van der Waals surface area contributed by atoms with E-state index in [1.807, 2.05) is 0 Å². The molecule has 1 amide bonds. The molecular formula is C17H17F3N4O. The molecule has 0 unspecified atom stereocenters. The number of carbonyl (C=O) groups is 1. The van der Waals surface area contributed by atoms with Gasteiger partial charge in [-0.25, -0.2) is 0 Å². The van der Waals surface area contributed by atoms with Gasteiger partial charge in [0.25, 0.3) is 5.91 Å². The van der Waals surface area contributed by atoms with Crippen LogP contribution in [-0.4, -0.2) is 22.1 Å². The number of nitrogens with one attached hydrogen (secondary N) is 2. The van der Waals surface area contributed by atoms with Crippen molar-refractivity contribution in [1.82, 2.24) is 15.5 Å². The number of hydrogen-bond donors (Lipinski definition) is 2. The van der Waals surface area contributed by atoms with Crippen LogP contribution in [0.2, 0.25) is 0 Å². The molecule has 132 valence electrons. The van der Waals surface area contributed by atoms with E-state index in [1.165, 1.54) is 24.3 Å². The van der Waals surface area contributed by atoms with Crippen LogP contribution in [0.15, 0.2) is 36.4 Å². The Kier molecular flexibility index (Phi) is 4.87. The van der Waals surface area contributed by atoms with Crippen molar-refractivity contribution in [3.63, 3.8) is 0 Å². The smallest absolute Gasteiger partial charge is 0.348 e. The Labute approximate surface area is 142 Å². The second-order valence-corrected chi connectivity index (χ2v) is 5.96. The van der Waals surface area contributed by atoms with Gasteiger partial charge in [0, 0.05) is 11.7 Å². The molecule has 0 atom stereocenters. The summed E-state index contributed by atoms with van der Waals surface area (Å²) in [6.45, 7) is 0. The fourth-order valence-electron chi connectivity index (χ4n) is 2.77. The third kappa shape index (κ3) is 4.46. The molecule has 8 heteroatoms. The van der Waals surface area contributed by atoms with E-state index in [0.717, 1.165) is 37.8 Å². The lowest BCUT2D eigenvalue weighted by atomic mass is 10.2. The fraction of sp³-hybridized carbons (Fsp3) is 0.353. The summed E-state index contributed by atoms with van der Waals surface area (Å²) in [6.07, 6.45) is -0.263. The number of rotatable bonds is 4. The number of alkyl halides is 3. The number of nitrogens with zero attached hydrogens (tertiary/aromatic N) is 2. The largest absolute Gasteiger partial charge is 0.416 e. The molecule has 0 saturated heterocycles. The minimum Gasteiger partial charge on any atom is -0.348 e. The minimum atomic E-state index is -4.41. The van der Waals surface area contributed by atoms with Crippen LogP contribution < -0.4 is 10.6 Å². The molecule has 0 spiro atoms. The van der Waals surface area contributed by atoms with Crippen LogP contribution in [0.3, 0.4) is 0 Å². The highest BCUT2D eigenvalue weighted by molar-refractivity contribution is 5.92. The van der Waals surface area contributed by atoms with Crippen molar-refractivity contribution in [3.05, 3.63) is 47.7 Å². The Morgan fingerprint density at radius 3 is 2.48 bits per heavy atom. The van der Waals surface area contributed by atoms with Crippen LogP contribution in [0.4, 0.5) is 24.7 Å². The second kappa shape index (κ2) is 7.08. The van der Waals surface area contributed by atoms with Crippen molar-refractivity contribution < 1.29 is 18.0 Å². The predicted octanol–water partition coefficient (Wildman–Crippen LogP) is 3.91. The summed E-state index contributed by atoms with van der Waals surface area (Å²) in [5, 5.41) is 13.4. The summed E-state index contributed by atoms with van der Waals surface area (Å²) >= 11 is 0. The van der Waals surface area contributed by atoms with E-state index in [-0.39, 0.29) is 29.1 Å². The summed E-state index contributed by atoms with van der Waals surface area (Å²) in [6, 6.07) is 7.97. The van der Waals surface area contributed by atoms with Crippen molar-refractivity contribution in [2.75, 3.05) is 5.32 Å². The van der Waals surface area contributed by atoms with Crippen LogP contribution in [-0.2, 0) is 6.18 Å².